The average Bonchev–Trinajstić information content (AvgIpc) is 2.88. The Hall–Kier alpha value is -3.02. The summed E-state index contributed by atoms with van der Waals surface area (Å²) in [5.74, 6) is 0.668. The van der Waals surface area contributed by atoms with Crippen molar-refractivity contribution in [2.75, 3.05) is 6.54 Å². The van der Waals surface area contributed by atoms with Crippen molar-refractivity contribution in [1.29, 1.82) is 0 Å². The van der Waals surface area contributed by atoms with Crippen molar-refractivity contribution in [2.24, 2.45) is 7.05 Å². The van der Waals surface area contributed by atoms with E-state index in [0.29, 0.717) is 6.54 Å². The van der Waals surface area contributed by atoms with Gasteiger partial charge in [-0.15, -0.1) is 0 Å². The summed E-state index contributed by atoms with van der Waals surface area (Å²) in [4.78, 5) is 24.6. The molecule has 0 bridgehead atoms. The molecule has 0 aliphatic rings. The van der Waals surface area contributed by atoms with Gasteiger partial charge in [-0.3, -0.25) is 13.9 Å². The Balaban J connectivity index is 1.56. The molecule has 0 aliphatic carbocycles. The van der Waals surface area contributed by atoms with Gasteiger partial charge in [0, 0.05) is 13.6 Å². The molecule has 0 unspecified atom stereocenters. The lowest BCUT2D eigenvalue weighted by molar-refractivity contribution is -0.121. The predicted octanol–water partition coefficient (Wildman–Crippen LogP) is 2.49. The average molecular weight is 367 g/mol. The van der Waals surface area contributed by atoms with Crippen molar-refractivity contribution in [3.05, 3.63) is 64.6 Å². The van der Waals surface area contributed by atoms with Crippen LogP contribution >= 0.6 is 0 Å². The maximum Gasteiger partial charge on any atom is 0.329 e. The highest BCUT2D eigenvalue weighted by Crippen LogP contribution is 2.14. The third-order valence-electron chi connectivity index (χ3n) is 4.38. The Morgan fingerprint density at radius 1 is 1.07 bits per heavy atom. The molecule has 1 N–H and O–H groups in total. The third kappa shape index (κ3) is 4.39. The largest absolute Gasteiger partial charge is 0.491 e. The fraction of sp³-hybridized carbons (Fsp3) is 0.333. The van der Waals surface area contributed by atoms with Crippen LogP contribution in [0.1, 0.15) is 19.4 Å². The summed E-state index contributed by atoms with van der Waals surface area (Å²) in [5.41, 5.74) is 2.51. The van der Waals surface area contributed by atoms with Gasteiger partial charge < -0.3 is 10.1 Å². The number of aryl methyl sites for hydroxylation is 1. The summed E-state index contributed by atoms with van der Waals surface area (Å²) >= 11 is 0. The molecule has 0 saturated carbocycles. The molecule has 3 aromatic rings. The minimum Gasteiger partial charge on any atom is -0.491 e. The zero-order valence-electron chi connectivity index (χ0n) is 15.9. The van der Waals surface area contributed by atoms with Crippen LogP contribution in [0.25, 0.3) is 11.0 Å². The highest BCUT2D eigenvalue weighted by Gasteiger charge is 2.12. The second-order valence-corrected chi connectivity index (χ2v) is 6.83. The number of amides is 1. The molecule has 1 heterocycles. The molecule has 1 amide bonds. The predicted molar refractivity (Wildman–Crippen MR) is 106 cm³/mol. The van der Waals surface area contributed by atoms with E-state index >= 15 is 0 Å². The van der Waals surface area contributed by atoms with Gasteiger partial charge in [-0.1, -0.05) is 24.3 Å². The maximum atomic E-state index is 12.4. The molecule has 3 rings (SSSR count). The summed E-state index contributed by atoms with van der Waals surface area (Å²) in [5, 5.41) is 2.89. The smallest absolute Gasteiger partial charge is 0.329 e. The molecular weight excluding hydrogens is 342 g/mol. The molecule has 0 atom stereocenters. The van der Waals surface area contributed by atoms with E-state index in [4.69, 9.17) is 4.74 Å². The number of aromatic nitrogens is 2. The van der Waals surface area contributed by atoms with E-state index in [2.05, 4.69) is 5.32 Å². The van der Waals surface area contributed by atoms with Gasteiger partial charge in [0.15, 0.2) is 0 Å². The number of para-hydroxylation sites is 2. The van der Waals surface area contributed by atoms with Gasteiger partial charge >= 0.3 is 5.69 Å². The highest BCUT2D eigenvalue weighted by atomic mass is 16.5. The van der Waals surface area contributed by atoms with Crippen molar-refractivity contribution >= 4 is 16.9 Å². The number of nitrogens with zero attached hydrogens (tertiary/aromatic N) is 2. The van der Waals surface area contributed by atoms with Crippen molar-refractivity contribution < 1.29 is 9.53 Å². The highest BCUT2D eigenvalue weighted by molar-refractivity contribution is 5.80. The number of fused-ring (bicyclic) bond motifs is 1. The van der Waals surface area contributed by atoms with Crippen LogP contribution < -0.4 is 15.7 Å². The van der Waals surface area contributed by atoms with E-state index in [-0.39, 0.29) is 24.2 Å². The minimum atomic E-state index is -0.188. The van der Waals surface area contributed by atoms with Crippen LogP contribution in [-0.2, 0) is 24.8 Å². The molecule has 1 aromatic heterocycles. The lowest BCUT2D eigenvalue weighted by atomic mass is 10.1. The first-order valence-corrected chi connectivity index (χ1v) is 9.12. The van der Waals surface area contributed by atoms with Gasteiger partial charge in [-0.2, -0.15) is 0 Å². The summed E-state index contributed by atoms with van der Waals surface area (Å²) < 4.78 is 8.68. The fourth-order valence-electron chi connectivity index (χ4n) is 3.07. The molecule has 27 heavy (non-hydrogen) atoms. The first kappa shape index (κ1) is 18.8. The number of imidazole rings is 1. The summed E-state index contributed by atoms with van der Waals surface area (Å²) in [6.07, 6.45) is 0.866. The third-order valence-corrected chi connectivity index (χ3v) is 4.38. The topological polar surface area (TPSA) is 65.3 Å². The van der Waals surface area contributed by atoms with E-state index in [9.17, 15) is 9.59 Å². The molecule has 2 aromatic carbocycles. The van der Waals surface area contributed by atoms with Crippen LogP contribution in [0.5, 0.6) is 5.75 Å². The second-order valence-electron chi connectivity index (χ2n) is 6.83. The second kappa shape index (κ2) is 8.12. The molecule has 0 saturated heterocycles. The number of benzene rings is 2. The number of hydrogen-bond acceptors (Lipinski definition) is 3. The number of carbonyl (C=O) groups is 1. The van der Waals surface area contributed by atoms with Crippen LogP contribution in [0.2, 0.25) is 0 Å². The number of hydrogen-bond donors (Lipinski definition) is 1. The van der Waals surface area contributed by atoms with E-state index in [1.165, 1.54) is 4.57 Å². The lowest BCUT2D eigenvalue weighted by Gasteiger charge is -2.10. The molecule has 0 radical (unpaired) electrons. The monoisotopic (exact) mass is 367 g/mol. The van der Waals surface area contributed by atoms with Crippen molar-refractivity contribution in [3.63, 3.8) is 0 Å². The minimum absolute atomic E-state index is 0.0152. The molecule has 0 spiro atoms. The van der Waals surface area contributed by atoms with E-state index in [1.807, 2.05) is 62.4 Å². The molecule has 6 nitrogen and oxygen atoms in total. The zero-order chi connectivity index (χ0) is 19.4. The fourth-order valence-corrected chi connectivity index (χ4v) is 3.07. The van der Waals surface area contributed by atoms with Gasteiger partial charge in [0.1, 0.15) is 12.3 Å². The van der Waals surface area contributed by atoms with Gasteiger partial charge in [-0.05, 0) is 50.1 Å². The van der Waals surface area contributed by atoms with Gasteiger partial charge in [0.05, 0.1) is 17.1 Å². The normalized spacial score (nSPS) is 11.1. The standard InChI is InChI=1S/C21H25N3O3/c1-15(2)27-17-10-8-16(9-11-17)12-13-22-20(25)14-24-19-7-5-4-6-18(19)23(3)21(24)26/h4-11,15H,12-14H2,1-3H3,(H,22,25). The van der Waals surface area contributed by atoms with Crippen LogP contribution in [0, 0.1) is 0 Å². The van der Waals surface area contributed by atoms with Crippen LogP contribution in [-0.4, -0.2) is 27.7 Å². The van der Waals surface area contributed by atoms with E-state index in [1.54, 1.807) is 11.6 Å². The van der Waals surface area contributed by atoms with Crippen molar-refractivity contribution in [1.82, 2.24) is 14.5 Å². The Kier molecular flexibility index (Phi) is 5.64. The maximum absolute atomic E-state index is 12.4. The summed E-state index contributed by atoms with van der Waals surface area (Å²) in [6.45, 7) is 4.51. The Bertz CT molecular complexity index is 984. The Labute approximate surface area is 158 Å². The van der Waals surface area contributed by atoms with Crippen LogP contribution in [0.15, 0.2) is 53.3 Å². The summed E-state index contributed by atoms with van der Waals surface area (Å²) in [7, 11) is 1.71. The van der Waals surface area contributed by atoms with Crippen LogP contribution in [0.3, 0.4) is 0 Å². The first-order chi connectivity index (χ1) is 13.0. The SMILES string of the molecule is CC(C)Oc1ccc(CCNC(=O)Cn2c(=O)n(C)c3ccccc32)cc1. The van der Waals surface area contributed by atoms with Gasteiger partial charge in [-0.25, -0.2) is 4.79 Å². The lowest BCUT2D eigenvalue weighted by Crippen LogP contribution is -2.33. The number of carbonyl (C=O) groups excluding carboxylic acids is 1. The Morgan fingerprint density at radius 3 is 2.41 bits per heavy atom. The molecule has 0 fully saturated rings. The molecule has 6 heteroatoms. The van der Waals surface area contributed by atoms with Gasteiger partial charge in [0.25, 0.3) is 0 Å². The molecule has 0 aliphatic heterocycles. The number of rotatable bonds is 7. The van der Waals surface area contributed by atoms with Crippen molar-refractivity contribution in [2.45, 2.75) is 32.9 Å². The Morgan fingerprint density at radius 2 is 1.74 bits per heavy atom. The van der Waals surface area contributed by atoms with Gasteiger partial charge in [0.2, 0.25) is 5.91 Å². The summed E-state index contributed by atoms with van der Waals surface area (Å²) in [6, 6.07) is 15.3. The van der Waals surface area contributed by atoms with Crippen LogP contribution in [0.4, 0.5) is 0 Å². The van der Waals surface area contributed by atoms with Crippen molar-refractivity contribution in [3.8, 4) is 5.75 Å². The molecular formula is C21H25N3O3. The number of nitrogens with one attached hydrogen (secondary N) is 1. The van der Waals surface area contributed by atoms with E-state index in [0.717, 1.165) is 28.8 Å². The number of ether oxygens (including phenoxy) is 1. The first-order valence-electron chi connectivity index (χ1n) is 9.12. The quantitative estimate of drug-likeness (QED) is 0.698. The molecule has 142 valence electrons. The van der Waals surface area contributed by atoms with E-state index < -0.39 is 0 Å². The zero-order valence-corrected chi connectivity index (χ0v) is 15.9.